The lowest BCUT2D eigenvalue weighted by Gasteiger charge is -2.42. The Bertz CT molecular complexity index is 158. The second-order valence-corrected chi connectivity index (χ2v) is 4.93. The van der Waals surface area contributed by atoms with Gasteiger partial charge < -0.3 is 10.8 Å². The number of rotatable bonds is 3. The second kappa shape index (κ2) is 4.43. The number of hydrogen-bond donors (Lipinski definition) is 2. The fraction of sp³-hybridized carbons (Fsp3) is 1.00. The first-order chi connectivity index (χ1) is 6.10. The topological polar surface area (TPSA) is 46.2 Å². The van der Waals surface area contributed by atoms with Gasteiger partial charge in [-0.15, -0.1) is 0 Å². The largest absolute Gasteiger partial charge is 0.393 e. The van der Waals surface area contributed by atoms with E-state index < -0.39 is 0 Å². The zero-order valence-electron chi connectivity index (χ0n) is 8.92. The van der Waals surface area contributed by atoms with E-state index in [-0.39, 0.29) is 11.5 Å². The van der Waals surface area contributed by atoms with Crippen LogP contribution in [0.1, 0.15) is 46.0 Å². The van der Waals surface area contributed by atoms with Gasteiger partial charge in [0.2, 0.25) is 0 Å². The van der Waals surface area contributed by atoms with Crippen LogP contribution in [0, 0.1) is 11.3 Å². The zero-order chi connectivity index (χ0) is 9.90. The lowest BCUT2D eigenvalue weighted by molar-refractivity contribution is -0.0194. The van der Waals surface area contributed by atoms with E-state index in [1.807, 2.05) is 0 Å². The highest BCUT2D eigenvalue weighted by atomic mass is 16.3. The Morgan fingerprint density at radius 1 is 1.46 bits per heavy atom. The van der Waals surface area contributed by atoms with Gasteiger partial charge in [-0.25, -0.2) is 0 Å². The zero-order valence-corrected chi connectivity index (χ0v) is 8.92. The molecule has 13 heavy (non-hydrogen) atoms. The fourth-order valence-corrected chi connectivity index (χ4v) is 2.66. The first kappa shape index (κ1) is 11.0. The van der Waals surface area contributed by atoms with Gasteiger partial charge in [-0.2, -0.15) is 0 Å². The maximum absolute atomic E-state index is 9.99. The molecule has 1 aliphatic rings. The fourth-order valence-electron chi connectivity index (χ4n) is 2.66. The van der Waals surface area contributed by atoms with E-state index >= 15 is 0 Å². The van der Waals surface area contributed by atoms with Gasteiger partial charge in [0.1, 0.15) is 0 Å². The summed E-state index contributed by atoms with van der Waals surface area (Å²) in [6.07, 6.45) is 5.38. The molecule has 2 unspecified atom stereocenters. The van der Waals surface area contributed by atoms with Crippen molar-refractivity contribution in [3.05, 3.63) is 0 Å². The van der Waals surface area contributed by atoms with E-state index in [1.165, 1.54) is 12.8 Å². The quantitative estimate of drug-likeness (QED) is 0.705. The summed E-state index contributed by atoms with van der Waals surface area (Å²) in [6, 6.07) is 0. The molecule has 2 nitrogen and oxygen atoms in total. The SMILES string of the molecule is CC(C)CC1(CN)CCCCC1O. The molecule has 0 amide bonds. The summed E-state index contributed by atoms with van der Waals surface area (Å²) < 4.78 is 0. The molecule has 1 saturated carbocycles. The Kier molecular flexibility index (Phi) is 3.74. The third kappa shape index (κ3) is 2.44. The third-order valence-electron chi connectivity index (χ3n) is 3.33. The van der Waals surface area contributed by atoms with E-state index in [0.29, 0.717) is 12.5 Å². The highest BCUT2D eigenvalue weighted by molar-refractivity contribution is 4.91. The van der Waals surface area contributed by atoms with Crippen LogP contribution in [-0.2, 0) is 0 Å². The minimum absolute atomic E-state index is 0.0341. The summed E-state index contributed by atoms with van der Waals surface area (Å²) in [6.45, 7) is 5.06. The van der Waals surface area contributed by atoms with E-state index in [0.717, 1.165) is 19.3 Å². The monoisotopic (exact) mass is 185 g/mol. The summed E-state index contributed by atoms with van der Waals surface area (Å²) in [7, 11) is 0. The molecule has 0 saturated heterocycles. The molecular weight excluding hydrogens is 162 g/mol. The molecule has 0 bridgehead atoms. The lowest BCUT2D eigenvalue weighted by Crippen LogP contribution is -2.45. The molecule has 2 atom stereocenters. The standard InChI is InChI=1S/C11H23NO/c1-9(2)7-11(8-12)6-4-3-5-10(11)13/h9-10,13H,3-8,12H2,1-2H3. The summed E-state index contributed by atoms with van der Waals surface area (Å²) in [5.74, 6) is 0.635. The van der Waals surface area contributed by atoms with Crippen LogP contribution in [0.3, 0.4) is 0 Å². The smallest absolute Gasteiger partial charge is 0.0608 e. The average molecular weight is 185 g/mol. The molecule has 1 rings (SSSR count). The average Bonchev–Trinajstić information content (AvgIpc) is 2.08. The minimum Gasteiger partial charge on any atom is -0.393 e. The lowest BCUT2D eigenvalue weighted by atomic mass is 9.67. The van der Waals surface area contributed by atoms with Gasteiger partial charge in [-0.1, -0.05) is 26.7 Å². The van der Waals surface area contributed by atoms with Crippen molar-refractivity contribution < 1.29 is 5.11 Å². The maximum atomic E-state index is 9.99. The predicted molar refractivity (Wildman–Crippen MR) is 55.4 cm³/mol. The van der Waals surface area contributed by atoms with Gasteiger partial charge in [0.05, 0.1) is 6.10 Å². The molecule has 0 heterocycles. The molecule has 2 heteroatoms. The van der Waals surface area contributed by atoms with Crippen molar-refractivity contribution in [1.29, 1.82) is 0 Å². The molecular formula is C11H23NO. The van der Waals surface area contributed by atoms with E-state index in [1.54, 1.807) is 0 Å². The molecule has 0 aliphatic heterocycles. The van der Waals surface area contributed by atoms with Crippen molar-refractivity contribution in [3.8, 4) is 0 Å². The highest BCUT2D eigenvalue weighted by Crippen LogP contribution is 2.40. The van der Waals surface area contributed by atoms with Crippen molar-refractivity contribution >= 4 is 0 Å². The third-order valence-corrected chi connectivity index (χ3v) is 3.33. The van der Waals surface area contributed by atoms with Gasteiger partial charge in [0.15, 0.2) is 0 Å². The van der Waals surface area contributed by atoms with Crippen molar-refractivity contribution in [2.45, 2.75) is 52.1 Å². The molecule has 0 radical (unpaired) electrons. The van der Waals surface area contributed by atoms with Crippen molar-refractivity contribution in [2.24, 2.45) is 17.1 Å². The first-order valence-corrected chi connectivity index (χ1v) is 5.49. The summed E-state index contributed by atoms with van der Waals surface area (Å²) in [4.78, 5) is 0. The van der Waals surface area contributed by atoms with E-state index in [9.17, 15) is 5.11 Å². The molecule has 3 N–H and O–H groups in total. The van der Waals surface area contributed by atoms with Crippen molar-refractivity contribution in [3.63, 3.8) is 0 Å². The Morgan fingerprint density at radius 2 is 2.15 bits per heavy atom. The van der Waals surface area contributed by atoms with Crippen LogP contribution < -0.4 is 5.73 Å². The minimum atomic E-state index is -0.159. The summed E-state index contributed by atoms with van der Waals surface area (Å²) in [5.41, 5.74) is 5.85. The van der Waals surface area contributed by atoms with E-state index in [4.69, 9.17) is 5.73 Å². The molecule has 78 valence electrons. The van der Waals surface area contributed by atoms with E-state index in [2.05, 4.69) is 13.8 Å². The van der Waals surface area contributed by atoms with Gasteiger partial charge in [0.25, 0.3) is 0 Å². The maximum Gasteiger partial charge on any atom is 0.0608 e. The Balaban J connectivity index is 2.64. The number of nitrogens with two attached hydrogens (primary N) is 1. The summed E-state index contributed by atoms with van der Waals surface area (Å²) >= 11 is 0. The van der Waals surface area contributed by atoms with Crippen LogP contribution in [0.15, 0.2) is 0 Å². The molecule has 0 aromatic carbocycles. The van der Waals surface area contributed by atoms with Crippen LogP contribution in [0.4, 0.5) is 0 Å². The van der Waals surface area contributed by atoms with Gasteiger partial charge in [-0.3, -0.25) is 0 Å². The van der Waals surface area contributed by atoms with Crippen LogP contribution in [0.2, 0.25) is 0 Å². The number of hydrogen-bond acceptors (Lipinski definition) is 2. The van der Waals surface area contributed by atoms with Crippen LogP contribution >= 0.6 is 0 Å². The summed E-state index contributed by atoms with van der Waals surface area (Å²) in [5, 5.41) is 9.99. The molecule has 0 aromatic heterocycles. The molecule has 0 aromatic rings. The normalized spacial score (nSPS) is 35.3. The molecule has 0 spiro atoms. The van der Waals surface area contributed by atoms with Gasteiger partial charge in [0, 0.05) is 12.0 Å². The molecule has 1 aliphatic carbocycles. The Labute approximate surface area is 81.5 Å². The van der Waals surface area contributed by atoms with Gasteiger partial charge >= 0.3 is 0 Å². The van der Waals surface area contributed by atoms with Crippen molar-refractivity contribution in [2.75, 3.05) is 6.54 Å². The van der Waals surface area contributed by atoms with Crippen LogP contribution in [-0.4, -0.2) is 17.8 Å². The number of aliphatic hydroxyl groups excluding tert-OH is 1. The first-order valence-electron chi connectivity index (χ1n) is 5.49. The molecule has 1 fully saturated rings. The Hall–Kier alpha value is -0.0800. The second-order valence-electron chi connectivity index (χ2n) is 4.93. The Morgan fingerprint density at radius 3 is 2.62 bits per heavy atom. The van der Waals surface area contributed by atoms with Crippen LogP contribution in [0.5, 0.6) is 0 Å². The van der Waals surface area contributed by atoms with Crippen LogP contribution in [0.25, 0.3) is 0 Å². The number of aliphatic hydroxyl groups is 1. The van der Waals surface area contributed by atoms with Gasteiger partial charge in [-0.05, 0) is 25.2 Å². The van der Waals surface area contributed by atoms with Crippen molar-refractivity contribution in [1.82, 2.24) is 0 Å². The highest BCUT2D eigenvalue weighted by Gasteiger charge is 2.38. The predicted octanol–water partition coefficient (Wildman–Crippen LogP) is 1.91.